The van der Waals surface area contributed by atoms with E-state index in [1.807, 2.05) is 18.7 Å². The van der Waals surface area contributed by atoms with Gasteiger partial charge in [-0.25, -0.2) is 0 Å². The number of nitrogens with zero attached hydrogens (tertiary/aromatic N) is 3. The van der Waals surface area contributed by atoms with Gasteiger partial charge in [-0.1, -0.05) is 0 Å². The zero-order valence-corrected chi connectivity index (χ0v) is 14.2. The first-order valence-electron chi connectivity index (χ1n) is 8.59. The van der Waals surface area contributed by atoms with E-state index in [-0.39, 0.29) is 17.7 Å². The van der Waals surface area contributed by atoms with Crippen LogP contribution >= 0.6 is 0 Å². The van der Waals surface area contributed by atoms with Crippen molar-refractivity contribution >= 4 is 11.8 Å². The van der Waals surface area contributed by atoms with Crippen LogP contribution in [-0.4, -0.2) is 96.8 Å². The fraction of sp³-hybridized carbons (Fsp3) is 0.875. The molecule has 2 rings (SSSR count). The summed E-state index contributed by atoms with van der Waals surface area (Å²) in [5, 5.41) is 9.88. The Labute approximate surface area is 138 Å². The maximum absolute atomic E-state index is 12.5. The minimum absolute atomic E-state index is 0.0866. The smallest absolute Gasteiger partial charge is 0.228 e. The number of aliphatic hydroxyl groups excluding tert-OH is 1. The van der Waals surface area contributed by atoms with Crippen LogP contribution in [0, 0.1) is 5.92 Å². The molecule has 0 spiro atoms. The number of hydrogen-bond donors (Lipinski definition) is 1. The topological polar surface area (TPSA) is 73.3 Å². The van der Waals surface area contributed by atoms with Crippen molar-refractivity contribution in [2.45, 2.75) is 26.4 Å². The molecule has 0 saturated carbocycles. The van der Waals surface area contributed by atoms with Gasteiger partial charge >= 0.3 is 0 Å². The molecule has 2 heterocycles. The first kappa shape index (κ1) is 18.2. The van der Waals surface area contributed by atoms with Gasteiger partial charge in [0.25, 0.3) is 0 Å². The van der Waals surface area contributed by atoms with Crippen molar-refractivity contribution in [1.29, 1.82) is 0 Å². The molecule has 1 N–H and O–H groups in total. The minimum atomic E-state index is -0.484. The molecular formula is C16H29N3O4. The molecule has 0 radical (unpaired) electrons. The van der Waals surface area contributed by atoms with Gasteiger partial charge in [-0.2, -0.15) is 0 Å². The van der Waals surface area contributed by atoms with E-state index >= 15 is 0 Å². The summed E-state index contributed by atoms with van der Waals surface area (Å²) in [4.78, 5) is 30.1. The van der Waals surface area contributed by atoms with Gasteiger partial charge in [-0.3, -0.25) is 14.5 Å². The van der Waals surface area contributed by atoms with E-state index in [1.54, 1.807) is 4.90 Å². The van der Waals surface area contributed by atoms with Gasteiger partial charge in [0.05, 0.1) is 18.6 Å². The SMILES string of the molecule is CCOC[C@H](O)CN1CCN(C(=O)[C@H]2CC(=O)N(CC)C2)CC1. The van der Waals surface area contributed by atoms with Crippen LogP contribution in [0.2, 0.25) is 0 Å². The predicted octanol–water partition coefficient (Wildman–Crippen LogP) is -0.604. The Morgan fingerprint density at radius 2 is 2.00 bits per heavy atom. The molecule has 7 nitrogen and oxygen atoms in total. The molecule has 132 valence electrons. The van der Waals surface area contributed by atoms with E-state index in [0.717, 1.165) is 13.1 Å². The van der Waals surface area contributed by atoms with E-state index in [4.69, 9.17) is 4.74 Å². The minimum Gasteiger partial charge on any atom is -0.389 e. The maximum Gasteiger partial charge on any atom is 0.228 e. The molecule has 2 saturated heterocycles. The molecule has 2 aliphatic heterocycles. The molecule has 0 aliphatic carbocycles. The highest BCUT2D eigenvalue weighted by Crippen LogP contribution is 2.20. The third-order valence-electron chi connectivity index (χ3n) is 4.61. The van der Waals surface area contributed by atoms with Crippen molar-refractivity contribution in [3.05, 3.63) is 0 Å². The lowest BCUT2D eigenvalue weighted by Crippen LogP contribution is -2.52. The van der Waals surface area contributed by atoms with Crippen LogP contribution < -0.4 is 0 Å². The Balaban J connectivity index is 1.74. The number of β-amino-alcohol motifs (C(OH)–C–C–N with tert-alkyl or cyclic N) is 1. The number of aliphatic hydroxyl groups is 1. The Morgan fingerprint density at radius 3 is 2.57 bits per heavy atom. The number of hydrogen-bond acceptors (Lipinski definition) is 5. The van der Waals surface area contributed by atoms with Gasteiger partial charge in [0.1, 0.15) is 0 Å². The number of carbonyl (C=O) groups is 2. The quantitative estimate of drug-likeness (QED) is 0.676. The van der Waals surface area contributed by atoms with Crippen LogP contribution in [0.15, 0.2) is 0 Å². The molecule has 0 unspecified atom stereocenters. The first-order chi connectivity index (χ1) is 11.0. The van der Waals surface area contributed by atoms with Crippen molar-refractivity contribution in [3.63, 3.8) is 0 Å². The monoisotopic (exact) mass is 327 g/mol. The van der Waals surface area contributed by atoms with E-state index < -0.39 is 6.10 Å². The first-order valence-corrected chi connectivity index (χ1v) is 8.59. The Hall–Kier alpha value is -1.18. The Morgan fingerprint density at radius 1 is 1.30 bits per heavy atom. The summed E-state index contributed by atoms with van der Waals surface area (Å²) in [6, 6.07) is 0. The summed E-state index contributed by atoms with van der Waals surface area (Å²) in [6.07, 6.45) is -0.136. The second-order valence-corrected chi connectivity index (χ2v) is 6.27. The summed E-state index contributed by atoms with van der Waals surface area (Å²) < 4.78 is 5.22. The molecule has 0 aromatic carbocycles. The van der Waals surface area contributed by atoms with Crippen molar-refractivity contribution in [2.24, 2.45) is 5.92 Å². The highest BCUT2D eigenvalue weighted by atomic mass is 16.5. The van der Waals surface area contributed by atoms with Crippen LogP contribution in [0.5, 0.6) is 0 Å². The van der Waals surface area contributed by atoms with Crippen LogP contribution in [0.25, 0.3) is 0 Å². The lowest BCUT2D eigenvalue weighted by Gasteiger charge is -2.36. The summed E-state index contributed by atoms with van der Waals surface area (Å²) in [5.41, 5.74) is 0. The number of amides is 2. The molecule has 23 heavy (non-hydrogen) atoms. The molecule has 2 fully saturated rings. The molecule has 0 aromatic rings. The zero-order chi connectivity index (χ0) is 16.8. The average molecular weight is 327 g/mol. The summed E-state index contributed by atoms with van der Waals surface area (Å²) in [7, 11) is 0. The number of ether oxygens (including phenoxy) is 1. The second-order valence-electron chi connectivity index (χ2n) is 6.27. The number of piperazine rings is 1. The van der Waals surface area contributed by atoms with Crippen molar-refractivity contribution in [3.8, 4) is 0 Å². The van der Waals surface area contributed by atoms with E-state index in [2.05, 4.69) is 4.90 Å². The van der Waals surface area contributed by atoms with Gasteiger partial charge in [0.15, 0.2) is 0 Å². The van der Waals surface area contributed by atoms with E-state index in [9.17, 15) is 14.7 Å². The Bertz CT molecular complexity index is 410. The second kappa shape index (κ2) is 8.61. The maximum atomic E-state index is 12.5. The summed E-state index contributed by atoms with van der Waals surface area (Å²) >= 11 is 0. The number of likely N-dealkylation sites (tertiary alicyclic amines) is 1. The van der Waals surface area contributed by atoms with Crippen LogP contribution in [0.3, 0.4) is 0 Å². The third-order valence-corrected chi connectivity index (χ3v) is 4.61. The Kier molecular flexibility index (Phi) is 6.80. The average Bonchev–Trinajstić information content (AvgIpc) is 2.94. The van der Waals surface area contributed by atoms with Gasteiger partial charge < -0.3 is 19.6 Å². The fourth-order valence-electron chi connectivity index (χ4n) is 3.26. The van der Waals surface area contributed by atoms with Crippen LogP contribution in [0.4, 0.5) is 0 Å². The molecule has 0 bridgehead atoms. The lowest BCUT2D eigenvalue weighted by molar-refractivity contribution is -0.137. The van der Waals surface area contributed by atoms with Crippen LogP contribution in [-0.2, 0) is 14.3 Å². The van der Waals surface area contributed by atoms with E-state index in [0.29, 0.717) is 52.4 Å². The van der Waals surface area contributed by atoms with Gasteiger partial charge in [0.2, 0.25) is 11.8 Å². The standard InChI is InChI=1S/C16H29N3O4/c1-3-18-10-13(9-15(18)21)16(22)19-7-5-17(6-8-19)11-14(20)12-23-4-2/h13-14,20H,3-12H2,1-2H3/t13-,14+/m0/s1. The lowest BCUT2D eigenvalue weighted by atomic mass is 10.1. The van der Waals surface area contributed by atoms with Crippen molar-refractivity contribution < 1.29 is 19.4 Å². The van der Waals surface area contributed by atoms with Crippen molar-refractivity contribution in [1.82, 2.24) is 14.7 Å². The highest BCUT2D eigenvalue weighted by molar-refractivity contribution is 5.89. The molecule has 2 amide bonds. The highest BCUT2D eigenvalue weighted by Gasteiger charge is 2.36. The largest absolute Gasteiger partial charge is 0.389 e. The molecule has 0 aromatic heterocycles. The normalized spacial score (nSPS) is 24.3. The molecule has 2 atom stereocenters. The predicted molar refractivity (Wildman–Crippen MR) is 85.9 cm³/mol. The summed E-state index contributed by atoms with van der Waals surface area (Å²) in [6.45, 7) is 9.46. The zero-order valence-electron chi connectivity index (χ0n) is 14.2. The summed E-state index contributed by atoms with van der Waals surface area (Å²) in [5.74, 6) is 0.00453. The number of rotatable bonds is 7. The van der Waals surface area contributed by atoms with Gasteiger partial charge in [-0.05, 0) is 13.8 Å². The van der Waals surface area contributed by atoms with Crippen molar-refractivity contribution in [2.75, 3.05) is 59.0 Å². The number of carbonyl (C=O) groups excluding carboxylic acids is 2. The molecule has 7 heteroatoms. The van der Waals surface area contributed by atoms with E-state index in [1.165, 1.54) is 0 Å². The molecule has 2 aliphatic rings. The van der Waals surface area contributed by atoms with Crippen LogP contribution in [0.1, 0.15) is 20.3 Å². The molecular weight excluding hydrogens is 298 g/mol. The van der Waals surface area contributed by atoms with Gasteiger partial charge in [0, 0.05) is 58.8 Å². The fourth-order valence-corrected chi connectivity index (χ4v) is 3.26. The van der Waals surface area contributed by atoms with Gasteiger partial charge in [-0.15, -0.1) is 0 Å². The third kappa shape index (κ3) is 4.89.